The number of para-hydroxylation sites is 1. The number of nitrogens with one attached hydrogen (secondary N) is 2. The molecule has 4 aromatic carbocycles. The van der Waals surface area contributed by atoms with Crippen LogP contribution in [0.1, 0.15) is 35.8 Å². The predicted molar refractivity (Wildman–Crippen MR) is 156 cm³/mol. The quantitative estimate of drug-likeness (QED) is 0.244. The van der Waals surface area contributed by atoms with Crippen LogP contribution in [0.15, 0.2) is 108 Å². The Morgan fingerprint density at radius 1 is 0.878 bits per heavy atom. The number of anilines is 2. The van der Waals surface area contributed by atoms with Crippen LogP contribution in [0.2, 0.25) is 0 Å². The molecular weight excluding hydrogens is 545 g/mol. The highest BCUT2D eigenvalue weighted by Crippen LogP contribution is 2.27. The molecule has 8 nitrogen and oxygen atoms in total. The van der Waals surface area contributed by atoms with Crippen molar-refractivity contribution in [1.29, 1.82) is 0 Å². The van der Waals surface area contributed by atoms with Crippen LogP contribution in [0.3, 0.4) is 0 Å². The summed E-state index contributed by atoms with van der Waals surface area (Å²) in [5.74, 6) is -1.14. The molecule has 0 spiro atoms. The molecule has 0 fully saturated rings. The lowest BCUT2D eigenvalue weighted by Gasteiger charge is -2.24. The summed E-state index contributed by atoms with van der Waals surface area (Å²) < 4.78 is 47.1. The van der Waals surface area contributed by atoms with Crippen molar-refractivity contribution in [2.75, 3.05) is 22.8 Å². The third-order valence-corrected chi connectivity index (χ3v) is 8.01. The Balaban J connectivity index is 1.58. The van der Waals surface area contributed by atoms with Gasteiger partial charge < -0.3 is 15.4 Å². The predicted octanol–water partition coefficient (Wildman–Crippen LogP) is 5.55. The molecule has 0 heterocycles. The molecule has 4 aromatic rings. The van der Waals surface area contributed by atoms with Crippen LogP contribution in [0.4, 0.5) is 15.8 Å². The molecule has 2 amide bonds. The van der Waals surface area contributed by atoms with Gasteiger partial charge in [0, 0.05) is 0 Å². The maximum Gasteiger partial charge on any atom is 0.264 e. The Bertz CT molecular complexity index is 1600. The molecule has 0 aliphatic rings. The molecule has 10 heteroatoms. The van der Waals surface area contributed by atoms with Crippen molar-refractivity contribution in [3.05, 3.63) is 120 Å². The maximum absolute atomic E-state index is 13.6. The van der Waals surface area contributed by atoms with E-state index in [9.17, 15) is 22.4 Å². The molecule has 0 saturated carbocycles. The number of halogens is 1. The van der Waals surface area contributed by atoms with Gasteiger partial charge in [-0.05, 0) is 80.1 Å². The number of rotatable bonds is 11. The number of hydrogen-bond donors (Lipinski definition) is 2. The Morgan fingerprint density at radius 3 is 2.17 bits per heavy atom. The fourth-order valence-electron chi connectivity index (χ4n) is 4.13. The van der Waals surface area contributed by atoms with Gasteiger partial charge in [0.05, 0.1) is 34.5 Å². The number of carbonyl (C=O) groups excluding carboxylic acids is 2. The molecule has 4 rings (SSSR count). The van der Waals surface area contributed by atoms with Crippen LogP contribution in [0.25, 0.3) is 0 Å². The summed E-state index contributed by atoms with van der Waals surface area (Å²) in [6.45, 7) is 3.49. The molecule has 0 saturated heterocycles. The zero-order valence-corrected chi connectivity index (χ0v) is 23.4. The first-order valence-electron chi connectivity index (χ1n) is 12.9. The minimum atomic E-state index is -4.27. The van der Waals surface area contributed by atoms with E-state index >= 15 is 0 Å². The average Bonchev–Trinajstić information content (AvgIpc) is 2.97. The number of benzene rings is 4. The van der Waals surface area contributed by atoms with E-state index in [1.165, 1.54) is 12.1 Å². The van der Waals surface area contributed by atoms with E-state index in [0.717, 1.165) is 34.1 Å². The van der Waals surface area contributed by atoms with Gasteiger partial charge in [0.25, 0.3) is 15.9 Å². The maximum atomic E-state index is 13.6. The van der Waals surface area contributed by atoms with Gasteiger partial charge in [-0.25, -0.2) is 12.8 Å². The van der Waals surface area contributed by atoms with E-state index in [1.807, 2.05) is 44.2 Å². The van der Waals surface area contributed by atoms with Crippen LogP contribution in [0.5, 0.6) is 5.75 Å². The molecule has 212 valence electrons. The first-order valence-corrected chi connectivity index (χ1v) is 14.4. The van der Waals surface area contributed by atoms with Gasteiger partial charge in [0.15, 0.2) is 0 Å². The molecule has 0 radical (unpaired) electrons. The van der Waals surface area contributed by atoms with Gasteiger partial charge in [-0.1, -0.05) is 42.5 Å². The molecule has 1 atom stereocenters. The average molecular weight is 576 g/mol. The lowest BCUT2D eigenvalue weighted by molar-refractivity contribution is -0.114. The van der Waals surface area contributed by atoms with E-state index in [4.69, 9.17) is 4.74 Å². The third-order valence-electron chi connectivity index (χ3n) is 6.22. The van der Waals surface area contributed by atoms with Crippen LogP contribution >= 0.6 is 0 Å². The topological polar surface area (TPSA) is 105 Å². The Hall–Kier alpha value is -4.70. The minimum Gasteiger partial charge on any atom is -0.494 e. The number of ether oxygens (including phenoxy) is 1. The van der Waals surface area contributed by atoms with E-state index in [0.29, 0.717) is 12.4 Å². The van der Waals surface area contributed by atoms with Crippen molar-refractivity contribution < 1.29 is 27.1 Å². The summed E-state index contributed by atoms with van der Waals surface area (Å²) in [6.07, 6.45) is 0. The summed E-state index contributed by atoms with van der Waals surface area (Å²) in [7, 11) is -4.27. The Labute approximate surface area is 238 Å². The van der Waals surface area contributed by atoms with Crippen molar-refractivity contribution in [2.45, 2.75) is 24.8 Å². The molecular formula is C31H30FN3O5S. The van der Waals surface area contributed by atoms with Crippen LogP contribution < -0.4 is 19.7 Å². The monoisotopic (exact) mass is 575 g/mol. The van der Waals surface area contributed by atoms with Crippen molar-refractivity contribution >= 4 is 33.2 Å². The molecule has 0 aliphatic heterocycles. The van der Waals surface area contributed by atoms with Gasteiger partial charge >= 0.3 is 0 Å². The van der Waals surface area contributed by atoms with Crippen molar-refractivity contribution in [3.63, 3.8) is 0 Å². The molecule has 41 heavy (non-hydrogen) atoms. The second-order valence-corrected chi connectivity index (χ2v) is 11.0. The zero-order chi connectivity index (χ0) is 29.4. The van der Waals surface area contributed by atoms with Gasteiger partial charge in [-0.2, -0.15) is 0 Å². The summed E-state index contributed by atoms with van der Waals surface area (Å²) in [5.41, 5.74) is 1.56. The smallest absolute Gasteiger partial charge is 0.264 e. The normalized spacial score (nSPS) is 11.8. The lowest BCUT2D eigenvalue weighted by Crippen LogP contribution is -2.38. The van der Waals surface area contributed by atoms with Gasteiger partial charge in [0.2, 0.25) is 5.91 Å². The lowest BCUT2D eigenvalue weighted by atomic mass is 10.1. The van der Waals surface area contributed by atoms with Crippen molar-refractivity contribution in [1.82, 2.24) is 5.32 Å². The second-order valence-electron chi connectivity index (χ2n) is 9.09. The Kier molecular flexibility index (Phi) is 9.36. The highest BCUT2D eigenvalue weighted by Gasteiger charge is 2.28. The van der Waals surface area contributed by atoms with Gasteiger partial charge in [-0.15, -0.1) is 0 Å². The second kappa shape index (κ2) is 13.1. The molecule has 0 aliphatic carbocycles. The zero-order valence-electron chi connectivity index (χ0n) is 22.6. The molecule has 1 unspecified atom stereocenters. The summed E-state index contributed by atoms with van der Waals surface area (Å²) in [6, 6.07) is 26.2. The van der Waals surface area contributed by atoms with E-state index in [2.05, 4.69) is 10.6 Å². The number of nitrogens with zero attached hydrogens (tertiary/aromatic N) is 1. The number of carbonyl (C=O) groups is 2. The first-order chi connectivity index (χ1) is 19.7. The Morgan fingerprint density at radius 2 is 1.51 bits per heavy atom. The minimum absolute atomic E-state index is 0.185. The SMILES string of the molecule is CCOc1ccc(N(CC(=O)Nc2ccccc2C(=O)NC(C)c2ccccc2)S(=O)(=O)c2ccc(F)cc2)cc1. The van der Waals surface area contributed by atoms with Crippen molar-refractivity contribution in [3.8, 4) is 5.75 Å². The van der Waals surface area contributed by atoms with Crippen molar-refractivity contribution in [2.24, 2.45) is 0 Å². The number of hydrogen-bond acceptors (Lipinski definition) is 5. The fraction of sp³-hybridized carbons (Fsp3) is 0.161. The number of sulfonamides is 1. The molecule has 0 bridgehead atoms. The highest BCUT2D eigenvalue weighted by molar-refractivity contribution is 7.92. The van der Waals surface area contributed by atoms with E-state index in [1.54, 1.807) is 36.4 Å². The summed E-state index contributed by atoms with van der Waals surface area (Å²) in [4.78, 5) is 26.2. The van der Waals surface area contributed by atoms with Crippen LogP contribution in [0, 0.1) is 5.82 Å². The van der Waals surface area contributed by atoms with E-state index < -0.39 is 34.2 Å². The summed E-state index contributed by atoms with van der Waals surface area (Å²) in [5, 5.41) is 5.60. The highest BCUT2D eigenvalue weighted by atomic mass is 32.2. The largest absolute Gasteiger partial charge is 0.494 e. The standard InChI is InChI=1S/C31H30FN3O5S/c1-3-40-26-17-15-25(16-18-26)35(41(38,39)27-19-13-24(32)14-20-27)21-30(36)34-29-12-8-7-11-28(29)31(37)33-22(2)23-9-5-4-6-10-23/h4-20,22H,3,21H2,1-2H3,(H,33,37)(H,34,36). The number of amides is 2. The molecule has 2 N–H and O–H groups in total. The third kappa shape index (κ3) is 7.29. The van der Waals surface area contributed by atoms with Gasteiger partial charge in [0.1, 0.15) is 18.1 Å². The van der Waals surface area contributed by atoms with Crippen LogP contribution in [-0.2, 0) is 14.8 Å². The fourth-order valence-corrected chi connectivity index (χ4v) is 5.55. The van der Waals surface area contributed by atoms with Crippen LogP contribution in [-0.4, -0.2) is 33.4 Å². The van der Waals surface area contributed by atoms with Gasteiger partial charge in [-0.3, -0.25) is 13.9 Å². The first kappa shape index (κ1) is 29.3. The summed E-state index contributed by atoms with van der Waals surface area (Å²) >= 11 is 0. The molecule has 0 aromatic heterocycles. The van der Waals surface area contributed by atoms with E-state index in [-0.39, 0.29) is 27.9 Å².